The largest absolute Gasteiger partial charge is 0.447 e. The minimum Gasteiger partial charge on any atom is -0.447 e. The monoisotopic (exact) mass is 371 g/mol. The lowest BCUT2D eigenvalue weighted by molar-refractivity contribution is -0.0559. The highest BCUT2D eigenvalue weighted by Crippen LogP contribution is 2.31. The molecule has 25 heavy (non-hydrogen) atoms. The molecule has 0 aromatic carbocycles. The summed E-state index contributed by atoms with van der Waals surface area (Å²) >= 11 is 0.863. The molecule has 0 saturated carbocycles. The number of amides is 1. The maximum absolute atomic E-state index is 12.3. The number of carbonyl (C=O) groups is 1. The van der Waals surface area contributed by atoms with Crippen LogP contribution in [-0.2, 0) is 9.47 Å². The minimum atomic E-state index is -1.41. The van der Waals surface area contributed by atoms with Crippen molar-refractivity contribution in [1.29, 1.82) is 0 Å². The number of fused-ring (bicyclic) bond motifs is 1. The minimum absolute atomic E-state index is 0.0384. The fraction of sp³-hybridized carbons (Fsp3) is 0.538. The fourth-order valence-corrected chi connectivity index (χ4v) is 3.25. The van der Waals surface area contributed by atoms with E-state index in [2.05, 4.69) is 9.97 Å². The van der Waals surface area contributed by atoms with E-state index in [1.54, 1.807) is 0 Å². The lowest BCUT2D eigenvalue weighted by Crippen LogP contribution is -2.36. The van der Waals surface area contributed by atoms with Gasteiger partial charge < -0.3 is 30.3 Å². The summed E-state index contributed by atoms with van der Waals surface area (Å²) in [7, 11) is 3.01. The second-order valence-corrected chi connectivity index (χ2v) is 6.66. The number of aliphatic hydroxyl groups is 2. The first-order chi connectivity index (χ1) is 11.8. The Balaban J connectivity index is 1.86. The van der Waals surface area contributed by atoms with Crippen LogP contribution in [0.3, 0.4) is 0 Å². The molecule has 0 radical (unpaired) electrons. The molecule has 1 fully saturated rings. The highest BCUT2D eigenvalue weighted by atomic mass is 32.1. The van der Waals surface area contributed by atoms with Gasteiger partial charge in [0.1, 0.15) is 24.9 Å². The smallest absolute Gasteiger partial charge is 0.409 e. The molecule has 12 heteroatoms. The Morgan fingerprint density at radius 1 is 1.48 bits per heavy atom. The van der Waals surface area contributed by atoms with E-state index in [0.717, 1.165) is 15.9 Å². The van der Waals surface area contributed by atoms with Crippen LogP contribution in [0.2, 0.25) is 0 Å². The average molecular weight is 371 g/mol. The summed E-state index contributed by atoms with van der Waals surface area (Å²) in [5.74, 6) is -0.0384. The first-order valence-corrected chi connectivity index (χ1v) is 8.10. The second-order valence-electron chi connectivity index (χ2n) is 5.67. The van der Waals surface area contributed by atoms with Crippen LogP contribution in [0, 0.1) is 0 Å². The van der Waals surface area contributed by atoms with Crippen molar-refractivity contribution in [3.8, 4) is 0 Å². The van der Waals surface area contributed by atoms with E-state index in [0.29, 0.717) is 4.70 Å². The van der Waals surface area contributed by atoms with E-state index in [4.69, 9.17) is 15.2 Å². The van der Waals surface area contributed by atoms with Crippen molar-refractivity contribution in [3.05, 3.63) is 15.9 Å². The number of hydrogen-bond donors (Lipinski definition) is 3. The molecule has 0 aliphatic carbocycles. The van der Waals surface area contributed by atoms with Crippen LogP contribution < -0.4 is 10.6 Å². The van der Waals surface area contributed by atoms with Crippen LogP contribution in [0.25, 0.3) is 10.3 Å². The number of anilines is 1. The molecule has 0 spiro atoms. The number of thiazole rings is 1. The number of aromatic nitrogens is 3. The van der Waals surface area contributed by atoms with Gasteiger partial charge in [-0.3, -0.25) is 9.36 Å². The molecule has 2 aromatic heterocycles. The molecule has 1 aliphatic rings. The second kappa shape index (κ2) is 6.55. The maximum atomic E-state index is 12.3. The van der Waals surface area contributed by atoms with Gasteiger partial charge in [-0.1, -0.05) is 11.3 Å². The van der Waals surface area contributed by atoms with E-state index < -0.39 is 35.5 Å². The van der Waals surface area contributed by atoms with Crippen molar-refractivity contribution in [2.45, 2.75) is 24.5 Å². The highest BCUT2D eigenvalue weighted by molar-refractivity contribution is 7.16. The molecule has 11 nitrogen and oxygen atoms in total. The summed E-state index contributed by atoms with van der Waals surface area (Å²) < 4.78 is 12.1. The Morgan fingerprint density at radius 2 is 2.20 bits per heavy atom. The van der Waals surface area contributed by atoms with Gasteiger partial charge in [-0.15, -0.1) is 0 Å². The zero-order valence-electron chi connectivity index (χ0n) is 13.4. The number of hydrogen-bond acceptors (Lipinski definition) is 10. The van der Waals surface area contributed by atoms with E-state index in [9.17, 15) is 19.8 Å². The van der Waals surface area contributed by atoms with Crippen molar-refractivity contribution < 1.29 is 24.5 Å². The zero-order chi connectivity index (χ0) is 18.3. The predicted molar refractivity (Wildman–Crippen MR) is 87.0 cm³/mol. The number of nitrogens with two attached hydrogens (primary N) is 1. The number of carbonyl (C=O) groups excluding carboxylic acids is 1. The van der Waals surface area contributed by atoms with Gasteiger partial charge in [-0.25, -0.2) is 9.78 Å². The van der Waals surface area contributed by atoms with Crippen molar-refractivity contribution in [2.24, 2.45) is 0 Å². The Bertz CT molecular complexity index is 851. The predicted octanol–water partition coefficient (Wildman–Crippen LogP) is -1.25. The van der Waals surface area contributed by atoms with Gasteiger partial charge in [0.15, 0.2) is 11.9 Å². The van der Waals surface area contributed by atoms with Gasteiger partial charge in [0, 0.05) is 14.1 Å². The molecule has 3 heterocycles. The molecule has 2 aromatic rings. The number of rotatable bonds is 3. The van der Waals surface area contributed by atoms with Crippen LogP contribution in [0.4, 0.5) is 10.7 Å². The fourth-order valence-electron chi connectivity index (χ4n) is 2.44. The van der Waals surface area contributed by atoms with Gasteiger partial charge in [-0.2, -0.15) is 4.98 Å². The van der Waals surface area contributed by atoms with Crippen molar-refractivity contribution in [2.75, 3.05) is 26.4 Å². The zero-order valence-corrected chi connectivity index (χ0v) is 14.2. The van der Waals surface area contributed by atoms with Crippen molar-refractivity contribution in [1.82, 2.24) is 19.4 Å². The molecule has 3 rings (SSSR count). The number of aliphatic hydroxyl groups excluding tert-OH is 2. The standard InChI is InChI=1S/C13H17N5O6S/c1-17(2)12(21)23-4-5-7(19)8(20)10(24-5)18-9-6(25-13(18)22)3-15-11(14)16-9/h3,5,7-8,10,19-20H,4H2,1-2H3,(H2,14,15,16)/t5-,7-,8-,10-/m1/s1. The lowest BCUT2D eigenvalue weighted by atomic mass is 10.1. The number of ether oxygens (including phenoxy) is 2. The Morgan fingerprint density at radius 3 is 2.88 bits per heavy atom. The van der Waals surface area contributed by atoms with Gasteiger partial charge >= 0.3 is 11.0 Å². The number of nitrogens with zero attached hydrogens (tertiary/aromatic N) is 4. The molecule has 4 atom stereocenters. The average Bonchev–Trinajstić information content (AvgIpc) is 3.02. The van der Waals surface area contributed by atoms with Crippen molar-refractivity contribution >= 4 is 33.7 Å². The number of nitrogen functional groups attached to an aromatic ring is 1. The summed E-state index contributed by atoms with van der Waals surface area (Å²) in [5, 5.41) is 20.4. The lowest BCUT2D eigenvalue weighted by Gasteiger charge is -2.17. The molecule has 4 N–H and O–H groups in total. The molecule has 0 bridgehead atoms. The molecule has 1 aliphatic heterocycles. The van der Waals surface area contributed by atoms with Gasteiger partial charge in [-0.05, 0) is 0 Å². The van der Waals surface area contributed by atoms with Gasteiger partial charge in [0.25, 0.3) is 0 Å². The Hall–Kier alpha value is -2.28. The molecular weight excluding hydrogens is 354 g/mol. The first kappa shape index (κ1) is 17.5. The highest BCUT2D eigenvalue weighted by Gasteiger charge is 2.45. The van der Waals surface area contributed by atoms with E-state index in [1.807, 2.05) is 0 Å². The van der Waals surface area contributed by atoms with E-state index >= 15 is 0 Å². The van der Waals surface area contributed by atoms with Gasteiger partial charge in [0.05, 0.1) is 10.9 Å². The van der Waals surface area contributed by atoms with Gasteiger partial charge in [0.2, 0.25) is 5.95 Å². The van der Waals surface area contributed by atoms with Crippen LogP contribution in [0.15, 0.2) is 11.0 Å². The summed E-state index contributed by atoms with van der Waals surface area (Å²) in [6, 6.07) is 0. The van der Waals surface area contributed by atoms with Crippen LogP contribution in [0.5, 0.6) is 0 Å². The quantitative estimate of drug-likeness (QED) is 0.600. The SMILES string of the molecule is CN(C)C(=O)OC[C@H]1O[C@@H](n2c(=O)sc3cnc(N)nc32)[C@H](O)[C@@H]1O. The van der Waals surface area contributed by atoms with Crippen molar-refractivity contribution in [3.63, 3.8) is 0 Å². The Kier molecular flexibility index (Phi) is 4.60. The topological polar surface area (TPSA) is 153 Å². The molecular formula is C13H17N5O6S. The van der Waals surface area contributed by atoms with E-state index in [-0.39, 0.29) is 18.2 Å². The summed E-state index contributed by atoms with van der Waals surface area (Å²) in [4.78, 5) is 32.3. The van der Waals surface area contributed by atoms with Crippen LogP contribution >= 0.6 is 11.3 Å². The molecule has 1 saturated heterocycles. The van der Waals surface area contributed by atoms with Crippen LogP contribution in [-0.4, -0.2) is 74.8 Å². The third-order valence-corrected chi connectivity index (χ3v) is 4.58. The summed E-state index contributed by atoms with van der Waals surface area (Å²) in [6.45, 7) is -0.278. The summed E-state index contributed by atoms with van der Waals surface area (Å²) in [6.07, 6.45) is -4.16. The molecule has 1 amide bonds. The normalized spacial score (nSPS) is 26.1. The molecule has 136 valence electrons. The van der Waals surface area contributed by atoms with Crippen LogP contribution in [0.1, 0.15) is 6.23 Å². The maximum Gasteiger partial charge on any atom is 0.409 e. The Labute approximate surface area is 145 Å². The third-order valence-electron chi connectivity index (χ3n) is 3.70. The third kappa shape index (κ3) is 3.16. The summed E-state index contributed by atoms with van der Waals surface area (Å²) in [5.41, 5.74) is 5.75. The molecule has 0 unspecified atom stereocenters. The van der Waals surface area contributed by atoms with E-state index in [1.165, 1.54) is 25.2 Å². The first-order valence-electron chi connectivity index (χ1n) is 7.29.